The van der Waals surface area contributed by atoms with Gasteiger partial charge < -0.3 is 10.1 Å². The van der Waals surface area contributed by atoms with E-state index in [4.69, 9.17) is 0 Å². The van der Waals surface area contributed by atoms with Crippen LogP contribution >= 0.6 is 0 Å². The van der Waals surface area contributed by atoms with E-state index in [1.165, 1.54) is 6.92 Å². The third-order valence-corrected chi connectivity index (χ3v) is 5.15. The number of aliphatic hydroxyl groups is 1. The minimum atomic E-state index is -3.62. The van der Waals surface area contributed by atoms with Crippen LogP contribution in [0.4, 0.5) is 0 Å². The molecular formula is C17H19N3O3S. The number of aromatic amines is 1. The molecule has 0 aliphatic carbocycles. The summed E-state index contributed by atoms with van der Waals surface area (Å²) in [7, 11) is -3.62. The number of nitrogens with zero attached hydrogens (tertiary/aromatic N) is 1. The molecule has 6 nitrogen and oxygen atoms in total. The normalized spacial score (nSPS) is 13.3. The molecule has 24 heavy (non-hydrogen) atoms. The maximum absolute atomic E-state index is 12.2. The number of benzene rings is 1. The van der Waals surface area contributed by atoms with E-state index in [0.717, 1.165) is 27.9 Å². The number of H-pyrrole nitrogens is 1. The van der Waals surface area contributed by atoms with Crippen molar-refractivity contribution in [2.75, 3.05) is 6.54 Å². The Kier molecular flexibility index (Phi) is 4.40. The van der Waals surface area contributed by atoms with Gasteiger partial charge in [-0.25, -0.2) is 18.1 Å². The predicted molar refractivity (Wildman–Crippen MR) is 93.1 cm³/mol. The zero-order valence-corrected chi connectivity index (χ0v) is 14.3. The Morgan fingerprint density at radius 2 is 1.96 bits per heavy atom. The van der Waals surface area contributed by atoms with E-state index in [1.807, 2.05) is 19.1 Å². The van der Waals surface area contributed by atoms with Crippen LogP contribution in [0.2, 0.25) is 0 Å². The fraction of sp³-hybridized carbons (Fsp3) is 0.235. The molecule has 126 valence electrons. The highest BCUT2D eigenvalue weighted by atomic mass is 32.2. The molecule has 2 heterocycles. The molecule has 0 aliphatic heterocycles. The van der Waals surface area contributed by atoms with Crippen LogP contribution in [0, 0.1) is 6.92 Å². The summed E-state index contributed by atoms with van der Waals surface area (Å²) < 4.78 is 26.7. The molecule has 0 saturated heterocycles. The van der Waals surface area contributed by atoms with Crippen LogP contribution in [0.15, 0.2) is 47.5 Å². The zero-order valence-electron chi connectivity index (χ0n) is 13.4. The molecule has 1 aromatic carbocycles. The Labute approximate surface area is 140 Å². The van der Waals surface area contributed by atoms with Crippen molar-refractivity contribution >= 4 is 21.1 Å². The van der Waals surface area contributed by atoms with Crippen molar-refractivity contribution in [1.29, 1.82) is 0 Å². The summed E-state index contributed by atoms with van der Waals surface area (Å²) in [5, 5.41) is 10.2. The Hall–Kier alpha value is -2.22. The number of nitrogens with one attached hydrogen (secondary N) is 2. The fourth-order valence-corrected chi connectivity index (χ4v) is 3.66. The molecule has 2 aromatic heterocycles. The Morgan fingerprint density at radius 3 is 2.62 bits per heavy atom. The smallest absolute Gasteiger partial charge is 0.240 e. The minimum absolute atomic E-state index is 0.0162. The van der Waals surface area contributed by atoms with Crippen LogP contribution in [0.3, 0.4) is 0 Å². The van der Waals surface area contributed by atoms with Crippen molar-refractivity contribution in [3.05, 3.63) is 48.3 Å². The first kappa shape index (κ1) is 16.6. The Bertz CT molecular complexity index is 960. The number of aromatic nitrogens is 2. The second-order valence-electron chi connectivity index (χ2n) is 5.80. The standard InChI is InChI=1S/C17H19N3O3S/c1-11-9-16-15(7-8-18-17(16)20-11)13-3-5-14(6-4-13)24(22,23)19-10-12(2)21/h3-9,12,19,21H,10H2,1-2H3,(H,18,20). The van der Waals surface area contributed by atoms with E-state index in [1.54, 1.807) is 30.5 Å². The van der Waals surface area contributed by atoms with Crippen molar-refractivity contribution in [3.63, 3.8) is 0 Å². The molecule has 3 rings (SSSR count). The monoisotopic (exact) mass is 345 g/mol. The number of rotatable bonds is 5. The number of hydrogen-bond acceptors (Lipinski definition) is 4. The highest BCUT2D eigenvalue weighted by molar-refractivity contribution is 7.89. The fourth-order valence-electron chi connectivity index (χ4n) is 2.54. The van der Waals surface area contributed by atoms with Crippen molar-refractivity contribution < 1.29 is 13.5 Å². The van der Waals surface area contributed by atoms with Crippen LogP contribution in [-0.4, -0.2) is 36.1 Å². The molecule has 3 aromatic rings. The lowest BCUT2D eigenvalue weighted by atomic mass is 10.0. The topological polar surface area (TPSA) is 95.1 Å². The SMILES string of the molecule is Cc1cc2c(-c3ccc(S(=O)(=O)NCC(C)O)cc3)ccnc2[nH]1. The molecule has 0 aliphatic rings. The molecular weight excluding hydrogens is 326 g/mol. The maximum Gasteiger partial charge on any atom is 0.240 e. The van der Waals surface area contributed by atoms with Crippen molar-refractivity contribution in [3.8, 4) is 11.1 Å². The molecule has 3 N–H and O–H groups in total. The number of hydrogen-bond donors (Lipinski definition) is 3. The summed E-state index contributed by atoms with van der Waals surface area (Å²) in [6.45, 7) is 3.48. The molecule has 1 atom stereocenters. The van der Waals surface area contributed by atoms with Gasteiger partial charge in [0.1, 0.15) is 5.65 Å². The van der Waals surface area contributed by atoms with E-state index in [0.29, 0.717) is 0 Å². The number of aryl methyl sites for hydroxylation is 1. The van der Waals surface area contributed by atoms with Crippen LogP contribution < -0.4 is 4.72 Å². The quantitative estimate of drug-likeness (QED) is 0.660. The van der Waals surface area contributed by atoms with Gasteiger partial charge in [-0.1, -0.05) is 12.1 Å². The van der Waals surface area contributed by atoms with E-state index < -0.39 is 16.1 Å². The first-order valence-electron chi connectivity index (χ1n) is 7.59. The van der Waals surface area contributed by atoms with E-state index >= 15 is 0 Å². The third kappa shape index (κ3) is 3.33. The van der Waals surface area contributed by atoms with E-state index in [2.05, 4.69) is 14.7 Å². The van der Waals surface area contributed by atoms with Crippen LogP contribution in [0.1, 0.15) is 12.6 Å². The van der Waals surface area contributed by atoms with Crippen molar-refractivity contribution in [2.24, 2.45) is 0 Å². The zero-order chi connectivity index (χ0) is 17.3. The summed E-state index contributed by atoms with van der Waals surface area (Å²) in [5.74, 6) is 0. The molecule has 7 heteroatoms. The summed E-state index contributed by atoms with van der Waals surface area (Å²) in [4.78, 5) is 7.66. The van der Waals surface area contributed by atoms with Gasteiger partial charge in [0, 0.05) is 23.8 Å². The van der Waals surface area contributed by atoms with Crippen molar-refractivity contribution in [1.82, 2.24) is 14.7 Å². The molecule has 0 saturated carbocycles. The van der Waals surface area contributed by atoms with Gasteiger partial charge in [0.15, 0.2) is 0 Å². The lowest BCUT2D eigenvalue weighted by Gasteiger charge is -2.09. The summed E-state index contributed by atoms with van der Waals surface area (Å²) in [6, 6.07) is 10.6. The first-order chi connectivity index (χ1) is 11.4. The van der Waals surface area contributed by atoms with Gasteiger partial charge >= 0.3 is 0 Å². The second-order valence-corrected chi connectivity index (χ2v) is 7.57. The van der Waals surface area contributed by atoms with Gasteiger partial charge in [0.25, 0.3) is 0 Å². The van der Waals surface area contributed by atoms with Crippen molar-refractivity contribution in [2.45, 2.75) is 24.8 Å². The van der Waals surface area contributed by atoms with Crippen LogP contribution in [-0.2, 0) is 10.0 Å². The van der Waals surface area contributed by atoms with Gasteiger partial charge in [-0.05, 0) is 49.2 Å². The predicted octanol–water partition coefficient (Wildman–Crippen LogP) is 2.20. The maximum atomic E-state index is 12.2. The third-order valence-electron chi connectivity index (χ3n) is 3.71. The molecule has 0 fully saturated rings. The second kappa shape index (κ2) is 6.35. The van der Waals surface area contributed by atoms with E-state index in [-0.39, 0.29) is 11.4 Å². The summed E-state index contributed by atoms with van der Waals surface area (Å²) in [6.07, 6.45) is 0.989. The molecule has 1 unspecified atom stereocenters. The Balaban J connectivity index is 1.94. The molecule has 0 bridgehead atoms. The van der Waals surface area contributed by atoms with Gasteiger partial charge in [0.05, 0.1) is 11.0 Å². The van der Waals surface area contributed by atoms with Crippen LogP contribution in [0.5, 0.6) is 0 Å². The van der Waals surface area contributed by atoms with Gasteiger partial charge in [0.2, 0.25) is 10.0 Å². The van der Waals surface area contributed by atoms with Gasteiger partial charge in [-0.2, -0.15) is 0 Å². The largest absolute Gasteiger partial charge is 0.392 e. The molecule has 0 spiro atoms. The number of aliphatic hydroxyl groups excluding tert-OH is 1. The number of fused-ring (bicyclic) bond motifs is 1. The number of sulfonamides is 1. The molecule has 0 amide bonds. The highest BCUT2D eigenvalue weighted by Crippen LogP contribution is 2.28. The highest BCUT2D eigenvalue weighted by Gasteiger charge is 2.15. The van der Waals surface area contributed by atoms with Gasteiger partial charge in [-0.3, -0.25) is 0 Å². The lowest BCUT2D eigenvalue weighted by Crippen LogP contribution is -2.30. The lowest BCUT2D eigenvalue weighted by molar-refractivity contribution is 0.198. The van der Waals surface area contributed by atoms with E-state index in [9.17, 15) is 13.5 Å². The minimum Gasteiger partial charge on any atom is -0.392 e. The average molecular weight is 345 g/mol. The first-order valence-corrected chi connectivity index (χ1v) is 9.07. The Morgan fingerprint density at radius 1 is 1.25 bits per heavy atom. The van der Waals surface area contributed by atoms with Gasteiger partial charge in [-0.15, -0.1) is 0 Å². The average Bonchev–Trinajstić information content (AvgIpc) is 2.93. The number of pyridine rings is 1. The summed E-state index contributed by atoms with van der Waals surface area (Å²) >= 11 is 0. The molecule has 0 radical (unpaired) electrons. The summed E-state index contributed by atoms with van der Waals surface area (Å²) in [5.41, 5.74) is 3.73. The van der Waals surface area contributed by atoms with Crippen LogP contribution in [0.25, 0.3) is 22.2 Å².